The lowest BCUT2D eigenvalue weighted by Crippen LogP contribution is -2.36. The van der Waals surface area contributed by atoms with Crippen LogP contribution in [0.3, 0.4) is 0 Å². The Bertz CT molecular complexity index is 1210. The minimum Gasteiger partial charge on any atom is -0.357 e. The number of para-hydroxylation sites is 2. The van der Waals surface area contributed by atoms with Gasteiger partial charge < -0.3 is 10.6 Å². The van der Waals surface area contributed by atoms with Crippen molar-refractivity contribution in [3.8, 4) is 5.69 Å². The van der Waals surface area contributed by atoms with Gasteiger partial charge in [-0.2, -0.15) is 5.10 Å². The molecule has 0 aliphatic carbocycles. The fraction of sp³-hybridized carbons (Fsp3) is 0.240. The summed E-state index contributed by atoms with van der Waals surface area (Å²) >= 11 is 0. The molecule has 0 aliphatic heterocycles. The zero-order chi connectivity index (χ0) is 21.6. The minimum absolute atomic E-state index is 0. The van der Waals surface area contributed by atoms with E-state index in [9.17, 15) is 0 Å². The van der Waals surface area contributed by atoms with E-state index in [1.54, 1.807) is 0 Å². The summed E-state index contributed by atoms with van der Waals surface area (Å²) in [6.45, 7) is 8.19. The molecular formula is C25H29IN6. The molecule has 0 bridgehead atoms. The molecular weight excluding hydrogens is 511 g/mol. The van der Waals surface area contributed by atoms with E-state index in [1.807, 2.05) is 48.1 Å². The molecule has 0 unspecified atom stereocenters. The smallest absolute Gasteiger partial charge is 0.191 e. The van der Waals surface area contributed by atoms with Crippen molar-refractivity contribution in [3.63, 3.8) is 0 Å². The Morgan fingerprint density at radius 1 is 0.969 bits per heavy atom. The molecule has 2 N–H and O–H groups in total. The number of aromatic nitrogens is 3. The normalized spacial score (nSPS) is 11.3. The van der Waals surface area contributed by atoms with Gasteiger partial charge in [-0.25, -0.2) is 9.67 Å². The molecule has 166 valence electrons. The molecule has 0 aliphatic rings. The Kier molecular flexibility index (Phi) is 8.21. The molecule has 7 heteroatoms. The van der Waals surface area contributed by atoms with Crippen LogP contribution in [0.2, 0.25) is 0 Å². The molecule has 0 radical (unpaired) electrons. The lowest BCUT2D eigenvalue weighted by atomic mass is 10.1. The molecule has 0 saturated heterocycles. The predicted octanol–water partition coefficient (Wildman–Crippen LogP) is 4.91. The summed E-state index contributed by atoms with van der Waals surface area (Å²) in [5.74, 6) is 0.784. The number of nitrogens with one attached hydrogen (secondary N) is 2. The van der Waals surface area contributed by atoms with E-state index >= 15 is 0 Å². The van der Waals surface area contributed by atoms with Crippen LogP contribution in [0.15, 0.2) is 71.9 Å². The Labute approximate surface area is 206 Å². The first-order valence-electron chi connectivity index (χ1n) is 10.6. The maximum atomic E-state index is 4.84. The highest BCUT2D eigenvalue weighted by Gasteiger charge is 2.09. The second-order valence-electron chi connectivity index (χ2n) is 7.50. The quantitative estimate of drug-likeness (QED) is 0.207. The SMILES string of the molecule is CCNC(=NCc1ccccc1-n1nc(C)cc1C)NCc1ccnc2ccccc12.I. The van der Waals surface area contributed by atoms with E-state index in [0.717, 1.165) is 46.0 Å². The summed E-state index contributed by atoms with van der Waals surface area (Å²) in [6.07, 6.45) is 1.86. The van der Waals surface area contributed by atoms with Gasteiger partial charge in [0.25, 0.3) is 0 Å². The first kappa shape index (κ1) is 23.7. The predicted molar refractivity (Wildman–Crippen MR) is 142 cm³/mol. The highest BCUT2D eigenvalue weighted by Crippen LogP contribution is 2.18. The molecule has 6 nitrogen and oxygen atoms in total. The van der Waals surface area contributed by atoms with Crippen LogP contribution in [0, 0.1) is 13.8 Å². The van der Waals surface area contributed by atoms with Crippen LogP contribution < -0.4 is 10.6 Å². The second-order valence-corrected chi connectivity index (χ2v) is 7.50. The number of nitrogens with zero attached hydrogens (tertiary/aromatic N) is 4. The zero-order valence-corrected chi connectivity index (χ0v) is 21.0. The average Bonchev–Trinajstić information content (AvgIpc) is 3.13. The van der Waals surface area contributed by atoms with Gasteiger partial charge in [0.15, 0.2) is 5.96 Å². The molecule has 2 aromatic heterocycles. The van der Waals surface area contributed by atoms with Gasteiger partial charge in [-0.15, -0.1) is 24.0 Å². The van der Waals surface area contributed by atoms with Gasteiger partial charge in [-0.3, -0.25) is 4.98 Å². The minimum atomic E-state index is 0. The van der Waals surface area contributed by atoms with Crippen molar-refractivity contribution < 1.29 is 0 Å². The Hall–Kier alpha value is -2.94. The largest absolute Gasteiger partial charge is 0.357 e. The van der Waals surface area contributed by atoms with Crippen molar-refractivity contribution >= 4 is 40.8 Å². The topological polar surface area (TPSA) is 67.1 Å². The number of guanidine groups is 1. The second kappa shape index (κ2) is 11.1. The van der Waals surface area contributed by atoms with Crippen LogP contribution in [0.5, 0.6) is 0 Å². The van der Waals surface area contributed by atoms with Gasteiger partial charge in [-0.05, 0) is 56.2 Å². The number of hydrogen-bond donors (Lipinski definition) is 2. The molecule has 0 saturated carbocycles. The van der Waals surface area contributed by atoms with E-state index in [-0.39, 0.29) is 24.0 Å². The van der Waals surface area contributed by atoms with Gasteiger partial charge in [0.2, 0.25) is 0 Å². The van der Waals surface area contributed by atoms with Gasteiger partial charge in [0.1, 0.15) is 0 Å². The van der Waals surface area contributed by atoms with E-state index in [4.69, 9.17) is 4.99 Å². The summed E-state index contributed by atoms with van der Waals surface area (Å²) in [4.78, 5) is 9.29. The van der Waals surface area contributed by atoms with Crippen molar-refractivity contribution in [2.75, 3.05) is 6.54 Å². The van der Waals surface area contributed by atoms with Crippen molar-refractivity contribution in [2.45, 2.75) is 33.9 Å². The van der Waals surface area contributed by atoms with Crippen LogP contribution in [0.1, 0.15) is 29.4 Å². The number of rotatable bonds is 6. The number of pyridine rings is 1. The Morgan fingerprint density at radius 2 is 1.75 bits per heavy atom. The zero-order valence-electron chi connectivity index (χ0n) is 18.7. The number of halogens is 1. The number of aliphatic imine (C=N–C) groups is 1. The highest BCUT2D eigenvalue weighted by molar-refractivity contribution is 14.0. The van der Waals surface area contributed by atoms with Crippen LogP contribution in [-0.2, 0) is 13.1 Å². The highest BCUT2D eigenvalue weighted by atomic mass is 127. The van der Waals surface area contributed by atoms with Crippen molar-refractivity contribution in [1.29, 1.82) is 0 Å². The molecule has 0 spiro atoms. The molecule has 2 heterocycles. The van der Waals surface area contributed by atoms with E-state index < -0.39 is 0 Å². The van der Waals surface area contributed by atoms with Crippen LogP contribution >= 0.6 is 24.0 Å². The molecule has 4 aromatic rings. The first-order valence-corrected chi connectivity index (χ1v) is 10.6. The molecule has 4 rings (SSSR count). The summed E-state index contributed by atoms with van der Waals surface area (Å²) in [5, 5.41) is 12.6. The summed E-state index contributed by atoms with van der Waals surface area (Å²) in [7, 11) is 0. The average molecular weight is 540 g/mol. The fourth-order valence-corrected chi connectivity index (χ4v) is 3.72. The third kappa shape index (κ3) is 5.45. The number of hydrogen-bond acceptors (Lipinski definition) is 3. The Morgan fingerprint density at radius 3 is 2.53 bits per heavy atom. The van der Waals surface area contributed by atoms with Crippen molar-refractivity contribution in [1.82, 2.24) is 25.4 Å². The maximum Gasteiger partial charge on any atom is 0.191 e. The third-order valence-corrected chi connectivity index (χ3v) is 5.17. The van der Waals surface area contributed by atoms with Gasteiger partial charge in [0.05, 0.1) is 23.4 Å². The fourth-order valence-electron chi connectivity index (χ4n) is 3.72. The van der Waals surface area contributed by atoms with Gasteiger partial charge in [0, 0.05) is 30.4 Å². The van der Waals surface area contributed by atoms with Gasteiger partial charge in [-0.1, -0.05) is 36.4 Å². The number of aryl methyl sites for hydroxylation is 2. The van der Waals surface area contributed by atoms with Gasteiger partial charge >= 0.3 is 0 Å². The molecule has 2 aromatic carbocycles. The lowest BCUT2D eigenvalue weighted by Gasteiger charge is -2.14. The van der Waals surface area contributed by atoms with E-state index in [0.29, 0.717) is 13.1 Å². The molecule has 0 atom stereocenters. The monoisotopic (exact) mass is 540 g/mol. The number of fused-ring (bicyclic) bond motifs is 1. The summed E-state index contributed by atoms with van der Waals surface area (Å²) < 4.78 is 1.99. The summed E-state index contributed by atoms with van der Waals surface area (Å²) in [6, 6.07) is 20.6. The molecule has 0 amide bonds. The molecule has 32 heavy (non-hydrogen) atoms. The lowest BCUT2D eigenvalue weighted by molar-refractivity contribution is 0.802. The van der Waals surface area contributed by atoms with Crippen LogP contribution in [-0.4, -0.2) is 27.3 Å². The first-order chi connectivity index (χ1) is 15.2. The van der Waals surface area contributed by atoms with Crippen molar-refractivity contribution in [2.24, 2.45) is 4.99 Å². The van der Waals surface area contributed by atoms with E-state index in [1.165, 1.54) is 5.56 Å². The van der Waals surface area contributed by atoms with Crippen LogP contribution in [0.4, 0.5) is 0 Å². The third-order valence-electron chi connectivity index (χ3n) is 5.17. The molecule has 0 fully saturated rings. The Balaban J connectivity index is 0.00000289. The maximum absolute atomic E-state index is 4.84. The van der Waals surface area contributed by atoms with Crippen molar-refractivity contribution in [3.05, 3.63) is 89.4 Å². The van der Waals surface area contributed by atoms with Crippen LogP contribution in [0.25, 0.3) is 16.6 Å². The summed E-state index contributed by atoms with van der Waals surface area (Å²) in [5.41, 5.74) is 6.51. The van der Waals surface area contributed by atoms with E-state index in [2.05, 4.69) is 64.9 Å². The standard InChI is InChI=1S/C25H28N6.HI/c1-4-26-25(28-16-20-13-14-27-23-11-7-6-10-22(20)23)29-17-21-9-5-8-12-24(21)31-19(3)15-18(2)30-31;/h5-15H,4,16-17H2,1-3H3,(H2,26,28,29);1H. The number of benzene rings is 2.